The van der Waals surface area contributed by atoms with Gasteiger partial charge < -0.3 is 9.80 Å². The van der Waals surface area contributed by atoms with Crippen LogP contribution in [-0.2, 0) is 12.6 Å². The highest BCUT2D eigenvalue weighted by molar-refractivity contribution is 5.67. The summed E-state index contributed by atoms with van der Waals surface area (Å²) in [6, 6.07) is 3.28. The van der Waals surface area contributed by atoms with Gasteiger partial charge in [-0.2, -0.15) is 13.2 Å². The Morgan fingerprint density at radius 2 is 1.66 bits per heavy atom. The molecular weight excluding hydrogens is 383 g/mol. The third kappa shape index (κ3) is 3.47. The summed E-state index contributed by atoms with van der Waals surface area (Å²) in [6.45, 7) is 1.99. The van der Waals surface area contributed by atoms with Crippen molar-refractivity contribution in [2.24, 2.45) is 5.92 Å². The van der Waals surface area contributed by atoms with Crippen LogP contribution >= 0.6 is 0 Å². The Hall–Kier alpha value is -2.91. The first-order valence-electron chi connectivity index (χ1n) is 9.71. The lowest BCUT2D eigenvalue weighted by molar-refractivity contribution is -0.136. The van der Waals surface area contributed by atoms with E-state index < -0.39 is 11.7 Å². The highest BCUT2D eigenvalue weighted by Crippen LogP contribution is 2.40. The van der Waals surface area contributed by atoms with Crippen LogP contribution in [0.4, 0.5) is 24.8 Å². The van der Waals surface area contributed by atoms with Crippen LogP contribution in [0.5, 0.6) is 0 Å². The minimum atomic E-state index is -4.51. The Labute approximate surface area is 165 Å². The molecule has 0 spiro atoms. The zero-order valence-electron chi connectivity index (χ0n) is 15.7. The second-order valence-electron chi connectivity index (χ2n) is 7.55. The number of fused-ring (bicyclic) bond motifs is 1. The fraction of sp³-hybridized carbons (Fsp3) is 0.474. The molecule has 2 fully saturated rings. The first-order valence-corrected chi connectivity index (χ1v) is 9.71. The third-order valence-corrected chi connectivity index (χ3v) is 5.53. The summed E-state index contributed by atoms with van der Waals surface area (Å²) in [6.07, 6.45) is 3.37. The maximum absolute atomic E-state index is 14.0. The number of hydrogen-bond acceptors (Lipinski definition) is 6. The van der Waals surface area contributed by atoms with Gasteiger partial charge in [-0.15, -0.1) is 10.2 Å². The van der Waals surface area contributed by atoms with Crippen LogP contribution in [0.2, 0.25) is 0 Å². The van der Waals surface area contributed by atoms with Gasteiger partial charge in [-0.25, -0.2) is 9.97 Å². The normalized spacial score (nSPS) is 17.9. The monoisotopic (exact) mass is 403 g/mol. The van der Waals surface area contributed by atoms with E-state index in [1.54, 1.807) is 35.6 Å². The summed E-state index contributed by atoms with van der Waals surface area (Å²) in [5.41, 5.74) is -0.664. The highest BCUT2D eigenvalue weighted by Gasteiger charge is 2.40. The summed E-state index contributed by atoms with van der Waals surface area (Å²) in [5.74, 6) is 1.72. The van der Waals surface area contributed by atoms with Crippen LogP contribution < -0.4 is 9.80 Å². The summed E-state index contributed by atoms with van der Waals surface area (Å²) in [7, 11) is 0. The average Bonchev–Trinajstić information content (AvgIpc) is 3.46. The molecule has 3 aromatic rings. The van der Waals surface area contributed by atoms with E-state index in [0.717, 1.165) is 12.8 Å². The number of nitrogens with zero attached hydrogens (tertiary/aromatic N) is 7. The van der Waals surface area contributed by atoms with Crippen LogP contribution in [0, 0.1) is 5.92 Å². The number of halogens is 3. The van der Waals surface area contributed by atoms with E-state index in [-0.39, 0.29) is 11.3 Å². The molecule has 0 N–H and O–H groups in total. The molecule has 29 heavy (non-hydrogen) atoms. The number of hydrogen-bond donors (Lipinski definition) is 0. The van der Waals surface area contributed by atoms with E-state index in [4.69, 9.17) is 0 Å². The van der Waals surface area contributed by atoms with Crippen molar-refractivity contribution in [1.82, 2.24) is 24.6 Å². The maximum Gasteiger partial charge on any atom is 0.422 e. The molecule has 0 unspecified atom stereocenters. The van der Waals surface area contributed by atoms with Crippen LogP contribution in [0.1, 0.15) is 24.2 Å². The van der Waals surface area contributed by atoms with Gasteiger partial charge in [0.05, 0.1) is 5.69 Å². The third-order valence-electron chi connectivity index (χ3n) is 5.53. The molecule has 1 aliphatic heterocycles. The summed E-state index contributed by atoms with van der Waals surface area (Å²) >= 11 is 0. The Morgan fingerprint density at radius 1 is 0.966 bits per heavy atom. The zero-order valence-corrected chi connectivity index (χ0v) is 15.7. The van der Waals surface area contributed by atoms with Gasteiger partial charge in [0.25, 0.3) is 0 Å². The van der Waals surface area contributed by atoms with E-state index in [1.807, 2.05) is 4.90 Å². The predicted octanol–water partition coefficient (Wildman–Crippen LogP) is 2.82. The molecule has 1 saturated carbocycles. The van der Waals surface area contributed by atoms with E-state index in [9.17, 15) is 13.2 Å². The number of pyridine rings is 1. The smallest absolute Gasteiger partial charge is 0.367 e. The molecule has 0 atom stereocenters. The zero-order chi connectivity index (χ0) is 20.0. The Kier molecular flexibility index (Phi) is 4.29. The molecule has 1 saturated heterocycles. The SMILES string of the molecule is FC(F)(F)c1c(N2CCN(c3ncccn3)CC2)ccn2c(CC3CC3)nnc12. The van der Waals surface area contributed by atoms with E-state index >= 15 is 0 Å². The van der Waals surface area contributed by atoms with Gasteiger partial charge in [-0.1, -0.05) is 0 Å². The van der Waals surface area contributed by atoms with E-state index in [0.29, 0.717) is 50.3 Å². The van der Waals surface area contributed by atoms with Crippen molar-refractivity contribution in [1.29, 1.82) is 0 Å². The topological polar surface area (TPSA) is 62.5 Å². The summed E-state index contributed by atoms with van der Waals surface area (Å²) in [4.78, 5) is 12.2. The molecule has 0 amide bonds. The standard InChI is InChI=1S/C19H20F3N7/c20-19(21,22)16-14(4-7-29-15(12-13-2-3-13)25-26-17(16)29)27-8-10-28(11-9-27)18-23-5-1-6-24-18/h1,4-7,13H,2-3,8-12H2. The Bertz CT molecular complexity index is 1010. The predicted molar refractivity (Wildman–Crippen MR) is 101 cm³/mol. The van der Waals surface area contributed by atoms with Gasteiger partial charge in [-0.3, -0.25) is 4.40 Å². The first kappa shape index (κ1) is 18.1. The molecule has 0 bridgehead atoms. The minimum absolute atomic E-state index is 0.112. The van der Waals surface area contributed by atoms with Crippen LogP contribution in [-0.4, -0.2) is 50.7 Å². The van der Waals surface area contributed by atoms with Gasteiger partial charge in [-0.05, 0) is 30.9 Å². The summed E-state index contributed by atoms with van der Waals surface area (Å²) < 4.78 is 43.6. The van der Waals surface area contributed by atoms with Gasteiger partial charge >= 0.3 is 6.18 Å². The molecule has 2 aliphatic rings. The molecule has 4 heterocycles. The van der Waals surface area contributed by atoms with Gasteiger partial charge in [0, 0.05) is 51.2 Å². The fourth-order valence-electron chi connectivity index (χ4n) is 3.85. The Morgan fingerprint density at radius 3 is 2.31 bits per heavy atom. The van der Waals surface area contributed by atoms with Crippen molar-refractivity contribution >= 4 is 17.3 Å². The van der Waals surface area contributed by atoms with Crippen molar-refractivity contribution in [3.05, 3.63) is 42.1 Å². The number of piperazine rings is 1. The number of aromatic nitrogens is 5. The molecular formula is C19H20F3N7. The molecule has 0 radical (unpaired) electrons. The largest absolute Gasteiger partial charge is 0.422 e. The number of anilines is 2. The van der Waals surface area contributed by atoms with Gasteiger partial charge in [0.1, 0.15) is 11.4 Å². The quantitative estimate of drug-likeness (QED) is 0.668. The first-order chi connectivity index (χ1) is 14.0. The highest BCUT2D eigenvalue weighted by atomic mass is 19.4. The fourth-order valence-corrected chi connectivity index (χ4v) is 3.85. The summed E-state index contributed by atoms with van der Waals surface area (Å²) in [5, 5.41) is 7.98. The molecule has 0 aromatic carbocycles. The van der Waals surface area contributed by atoms with E-state index in [2.05, 4.69) is 20.2 Å². The van der Waals surface area contributed by atoms with Crippen LogP contribution in [0.3, 0.4) is 0 Å². The van der Waals surface area contributed by atoms with Crippen LogP contribution in [0.15, 0.2) is 30.7 Å². The lowest BCUT2D eigenvalue weighted by Gasteiger charge is -2.37. The average molecular weight is 403 g/mol. The molecule has 152 valence electrons. The second kappa shape index (κ2) is 6.85. The molecule has 10 heteroatoms. The maximum atomic E-state index is 14.0. The molecule has 1 aliphatic carbocycles. The second-order valence-corrected chi connectivity index (χ2v) is 7.55. The van der Waals surface area contributed by atoms with Crippen molar-refractivity contribution in [3.8, 4) is 0 Å². The van der Waals surface area contributed by atoms with Gasteiger partial charge in [0.15, 0.2) is 5.65 Å². The van der Waals surface area contributed by atoms with Crippen molar-refractivity contribution in [2.75, 3.05) is 36.0 Å². The lowest BCUT2D eigenvalue weighted by atomic mass is 10.1. The van der Waals surface area contributed by atoms with Gasteiger partial charge in [0.2, 0.25) is 5.95 Å². The van der Waals surface area contributed by atoms with Crippen molar-refractivity contribution in [2.45, 2.75) is 25.4 Å². The lowest BCUT2D eigenvalue weighted by Crippen LogP contribution is -2.47. The molecule has 3 aromatic heterocycles. The van der Waals surface area contributed by atoms with Crippen molar-refractivity contribution in [3.63, 3.8) is 0 Å². The minimum Gasteiger partial charge on any atom is -0.367 e. The molecule has 5 rings (SSSR count). The number of rotatable bonds is 4. The van der Waals surface area contributed by atoms with Crippen LogP contribution in [0.25, 0.3) is 5.65 Å². The molecule has 7 nitrogen and oxygen atoms in total. The Balaban J connectivity index is 1.45. The number of alkyl halides is 3. The van der Waals surface area contributed by atoms with E-state index in [1.165, 1.54) is 4.40 Å². The van der Waals surface area contributed by atoms with Crippen molar-refractivity contribution < 1.29 is 13.2 Å².